The van der Waals surface area contributed by atoms with E-state index in [2.05, 4.69) is 27.6 Å². The van der Waals surface area contributed by atoms with Crippen LogP contribution in [0.1, 0.15) is 17.2 Å². The Morgan fingerprint density at radius 3 is 2.47 bits per heavy atom. The van der Waals surface area contributed by atoms with Gasteiger partial charge >= 0.3 is 0 Å². The second-order valence-electron chi connectivity index (χ2n) is 6.85. The van der Waals surface area contributed by atoms with Gasteiger partial charge in [-0.1, -0.05) is 72.4 Å². The van der Waals surface area contributed by atoms with Gasteiger partial charge in [-0.2, -0.15) is 0 Å². The smallest absolute Gasteiger partial charge is 0.230 e. The molecule has 2 aromatic heterocycles. The average Bonchev–Trinajstić information content (AvgIpc) is 3.43. The maximum absolute atomic E-state index is 12.7. The third kappa shape index (κ3) is 4.80. The number of benzene rings is 2. The first kappa shape index (κ1) is 20.0. The highest BCUT2D eigenvalue weighted by molar-refractivity contribution is 7.99. The molecule has 1 amide bonds. The SMILES string of the molecule is Cn1c(SCC(=O)NC(Cc2ccccc2)c2ccccc2)nnc1-c1ccco1. The van der Waals surface area contributed by atoms with Crippen LogP contribution in [0.4, 0.5) is 0 Å². The Morgan fingerprint density at radius 1 is 1.03 bits per heavy atom. The molecule has 1 atom stereocenters. The number of furan rings is 1. The summed E-state index contributed by atoms with van der Waals surface area (Å²) >= 11 is 1.35. The lowest BCUT2D eigenvalue weighted by Gasteiger charge is -2.19. The van der Waals surface area contributed by atoms with Crippen LogP contribution in [0.3, 0.4) is 0 Å². The summed E-state index contributed by atoms with van der Waals surface area (Å²) in [4.78, 5) is 12.7. The van der Waals surface area contributed by atoms with Crippen molar-refractivity contribution in [1.29, 1.82) is 0 Å². The quantitative estimate of drug-likeness (QED) is 0.433. The minimum Gasteiger partial charge on any atom is -0.461 e. The standard InChI is InChI=1S/C23H22N4O2S/c1-27-22(20-13-8-14-29-20)25-26-23(27)30-16-21(28)24-19(18-11-6-3-7-12-18)15-17-9-4-2-5-10-17/h2-14,19H,15-16H2,1H3,(H,24,28). The van der Waals surface area contributed by atoms with Crippen molar-refractivity contribution in [3.8, 4) is 11.6 Å². The van der Waals surface area contributed by atoms with Crippen molar-refractivity contribution in [2.24, 2.45) is 7.05 Å². The summed E-state index contributed by atoms with van der Waals surface area (Å²) in [6, 6.07) is 23.8. The van der Waals surface area contributed by atoms with Crippen LogP contribution in [0, 0.1) is 0 Å². The highest BCUT2D eigenvalue weighted by Crippen LogP contribution is 2.23. The van der Waals surface area contributed by atoms with E-state index in [4.69, 9.17) is 4.42 Å². The van der Waals surface area contributed by atoms with Crippen LogP contribution in [0.15, 0.2) is 88.6 Å². The van der Waals surface area contributed by atoms with Crippen molar-refractivity contribution in [3.05, 3.63) is 90.2 Å². The summed E-state index contributed by atoms with van der Waals surface area (Å²) in [7, 11) is 1.86. The van der Waals surface area contributed by atoms with Crippen LogP contribution < -0.4 is 5.32 Å². The second-order valence-corrected chi connectivity index (χ2v) is 7.79. The van der Waals surface area contributed by atoms with Gasteiger partial charge in [0.15, 0.2) is 16.7 Å². The van der Waals surface area contributed by atoms with Crippen molar-refractivity contribution in [1.82, 2.24) is 20.1 Å². The van der Waals surface area contributed by atoms with E-state index >= 15 is 0 Å². The zero-order chi connectivity index (χ0) is 20.8. The molecule has 1 unspecified atom stereocenters. The number of carbonyl (C=O) groups is 1. The number of amides is 1. The van der Waals surface area contributed by atoms with E-state index in [9.17, 15) is 4.79 Å². The van der Waals surface area contributed by atoms with Gasteiger partial charge in [0.25, 0.3) is 0 Å². The van der Waals surface area contributed by atoms with Gasteiger partial charge in [0, 0.05) is 7.05 Å². The molecule has 152 valence electrons. The fourth-order valence-electron chi connectivity index (χ4n) is 3.21. The summed E-state index contributed by atoms with van der Waals surface area (Å²) in [5, 5.41) is 12.2. The van der Waals surface area contributed by atoms with Crippen LogP contribution >= 0.6 is 11.8 Å². The highest BCUT2D eigenvalue weighted by Gasteiger charge is 2.18. The van der Waals surface area contributed by atoms with E-state index in [0.29, 0.717) is 16.7 Å². The molecule has 0 saturated heterocycles. The molecule has 0 aliphatic heterocycles. The summed E-state index contributed by atoms with van der Waals surface area (Å²) in [5.74, 6) is 1.48. The van der Waals surface area contributed by atoms with Crippen molar-refractivity contribution >= 4 is 17.7 Å². The maximum atomic E-state index is 12.7. The normalized spacial score (nSPS) is 11.9. The van der Waals surface area contributed by atoms with E-state index in [-0.39, 0.29) is 17.7 Å². The largest absolute Gasteiger partial charge is 0.461 e. The topological polar surface area (TPSA) is 73.0 Å². The fourth-order valence-corrected chi connectivity index (χ4v) is 3.94. The molecule has 0 aliphatic rings. The van der Waals surface area contributed by atoms with Crippen LogP contribution in [0.5, 0.6) is 0 Å². The molecule has 4 aromatic rings. The van der Waals surface area contributed by atoms with Crippen LogP contribution in [-0.2, 0) is 18.3 Å². The predicted molar refractivity (Wildman–Crippen MR) is 117 cm³/mol. The highest BCUT2D eigenvalue weighted by atomic mass is 32.2. The average molecular weight is 419 g/mol. The van der Waals surface area contributed by atoms with Crippen LogP contribution in [0.25, 0.3) is 11.6 Å². The maximum Gasteiger partial charge on any atom is 0.230 e. The molecule has 0 spiro atoms. The van der Waals surface area contributed by atoms with Gasteiger partial charge in [-0.25, -0.2) is 0 Å². The van der Waals surface area contributed by atoms with E-state index in [0.717, 1.165) is 12.0 Å². The zero-order valence-corrected chi connectivity index (χ0v) is 17.4. The molecule has 1 N–H and O–H groups in total. The first-order chi connectivity index (χ1) is 14.7. The third-order valence-corrected chi connectivity index (χ3v) is 5.75. The van der Waals surface area contributed by atoms with Gasteiger partial charge in [-0.15, -0.1) is 10.2 Å². The number of hydrogen-bond acceptors (Lipinski definition) is 5. The van der Waals surface area contributed by atoms with E-state index in [1.807, 2.05) is 66.2 Å². The lowest BCUT2D eigenvalue weighted by molar-refractivity contribution is -0.119. The number of nitrogens with zero attached hydrogens (tertiary/aromatic N) is 3. The number of rotatable bonds is 8. The molecule has 0 fully saturated rings. The zero-order valence-electron chi connectivity index (χ0n) is 16.6. The van der Waals surface area contributed by atoms with Crippen molar-refractivity contribution in [3.63, 3.8) is 0 Å². The monoisotopic (exact) mass is 418 g/mol. The van der Waals surface area contributed by atoms with Gasteiger partial charge in [0.1, 0.15) is 0 Å². The lowest BCUT2D eigenvalue weighted by Crippen LogP contribution is -2.31. The van der Waals surface area contributed by atoms with Crippen molar-refractivity contribution in [2.75, 3.05) is 5.75 Å². The Balaban J connectivity index is 1.42. The van der Waals surface area contributed by atoms with Gasteiger partial charge in [0.05, 0.1) is 18.1 Å². The molecule has 7 heteroatoms. The summed E-state index contributed by atoms with van der Waals surface area (Å²) in [6.07, 6.45) is 2.33. The summed E-state index contributed by atoms with van der Waals surface area (Å²) < 4.78 is 7.21. The van der Waals surface area contributed by atoms with Crippen LogP contribution in [-0.4, -0.2) is 26.4 Å². The minimum absolute atomic E-state index is 0.0488. The minimum atomic E-state index is -0.0973. The molecule has 0 radical (unpaired) electrons. The molecular weight excluding hydrogens is 396 g/mol. The van der Waals surface area contributed by atoms with E-state index in [1.54, 1.807) is 12.3 Å². The van der Waals surface area contributed by atoms with Gasteiger partial charge in [-0.05, 0) is 29.7 Å². The molecule has 30 heavy (non-hydrogen) atoms. The second kappa shape index (κ2) is 9.45. The summed E-state index contributed by atoms with van der Waals surface area (Å²) in [5.41, 5.74) is 2.26. The Hall–Kier alpha value is -3.32. The Kier molecular flexibility index (Phi) is 6.29. The van der Waals surface area contributed by atoms with E-state index in [1.165, 1.54) is 17.3 Å². The Labute approximate surface area is 179 Å². The Bertz CT molecular complexity index is 1080. The molecular formula is C23H22N4O2S. The van der Waals surface area contributed by atoms with Crippen molar-refractivity contribution in [2.45, 2.75) is 17.6 Å². The molecule has 6 nitrogen and oxygen atoms in total. The van der Waals surface area contributed by atoms with Gasteiger partial charge < -0.3 is 14.3 Å². The first-order valence-electron chi connectivity index (χ1n) is 9.65. The van der Waals surface area contributed by atoms with Gasteiger partial charge in [-0.3, -0.25) is 4.79 Å². The third-order valence-electron chi connectivity index (χ3n) is 4.73. The predicted octanol–water partition coefficient (Wildman–Crippen LogP) is 4.27. The summed E-state index contributed by atoms with van der Waals surface area (Å²) in [6.45, 7) is 0. The number of aromatic nitrogens is 3. The molecule has 4 rings (SSSR count). The molecule has 0 bridgehead atoms. The van der Waals surface area contributed by atoms with Crippen LogP contribution in [0.2, 0.25) is 0 Å². The number of hydrogen-bond donors (Lipinski definition) is 1. The number of thioether (sulfide) groups is 1. The first-order valence-corrected chi connectivity index (χ1v) is 10.6. The molecule has 2 heterocycles. The van der Waals surface area contributed by atoms with Gasteiger partial charge in [0.2, 0.25) is 5.91 Å². The molecule has 0 aliphatic carbocycles. The number of nitrogens with one attached hydrogen (secondary N) is 1. The molecule has 0 saturated carbocycles. The van der Waals surface area contributed by atoms with Crippen molar-refractivity contribution < 1.29 is 9.21 Å². The fraction of sp³-hybridized carbons (Fsp3) is 0.174. The lowest BCUT2D eigenvalue weighted by atomic mass is 9.99. The number of carbonyl (C=O) groups excluding carboxylic acids is 1. The van der Waals surface area contributed by atoms with E-state index < -0.39 is 0 Å². The molecule has 2 aromatic carbocycles. The Morgan fingerprint density at radius 2 is 1.77 bits per heavy atom.